The molecule has 0 aliphatic carbocycles. The summed E-state index contributed by atoms with van der Waals surface area (Å²) in [5.41, 5.74) is 1.95. The lowest BCUT2D eigenvalue weighted by atomic mass is 10.3. The van der Waals surface area contributed by atoms with Gasteiger partial charge in [0.05, 0.1) is 6.54 Å². The molecule has 0 atom stereocenters. The fraction of sp³-hybridized carbons (Fsp3) is 0.182. The molecular weight excluding hydrogens is 263 g/mol. The monoisotopic (exact) mass is 272 g/mol. The van der Waals surface area contributed by atoms with Crippen LogP contribution in [0.3, 0.4) is 0 Å². The Morgan fingerprint density at radius 3 is 2.50 bits per heavy atom. The molecule has 16 heavy (non-hydrogen) atoms. The van der Waals surface area contributed by atoms with Gasteiger partial charge in [-0.2, -0.15) is 0 Å². The minimum atomic E-state index is 0.630. The van der Waals surface area contributed by atoms with Crippen molar-refractivity contribution in [3.8, 4) is 0 Å². The van der Waals surface area contributed by atoms with E-state index < -0.39 is 0 Å². The van der Waals surface area contributed by atoms with Crippen molar-refractivity contribution >= 4 is 40.2 Å². The molecule has 0 aliphatic heterocycles. The van der Waals surface area contributed by atoms with Crippen molar-refractivity contribution < 1.29 is 0 Å². The van der Waals surface area contributed by atoms with Gasteiger partial charge in [0.15, 0.2) is 0 Å². The van der Waals surface area contributed by atoms with Gasteiger partial charge in [0.1, 0.15) is 5.01 Å². The van der Waals surface area contributed by atoms with Crippen LogP contribution in [0.4, 0.5) is 5.69 Å². The molecule has 0 radical (unpaired) electrons. The third-order valence-electron chi connectivity index (χ3n) is 1.97. The summed E-state index contributed by atoms with van der Waals surface area (Å²) in [6, 6.07) is 5.39. The molecule has 1 N–H and O–H groups in total. The molecular formula is C11H10Cl2N2S. The van der Waals surface area contributed by atoms with Gasteiger partial charge in [-0.1, -0.05) is 23.2 Å². The topological polar surface area (TPSA) is 24.9 Å². The van der Waals surface area contributed by atoms with E-state index >= 15 is 0 Å². The Morgan fingerprint density at radius 1 is 1.25 bits per heavy atom. The minimum absolute atomic E-state index is 0.630. The van der Waals surface area contributed by atoms with Crippen LogP contribution in [0, 0.1) is 6.92 Å². The first-order valence-electron chi connectivity index (χ1n) is 4.74. The van der Waals surface area contributed by atoms with Crippen molar-refractivity contribution in [3.05, 3.63) is 44.3 Å². The van der Waals surface area contributed by atoms with Crippen LogP contribution in [0.1, 0.15) is 10.7 Å². The van der Waals surface area contributed by atoms with Crippen LogP contribution in [0.2, 0.25) is 10.0 Å². The van der Waals surface area contributed by atoms with Gasteiger partial charge < -0.3 is 5.32 Å². The fourth-order valence-corrected chi connectivity index (χ4v) is 2.56. The molecule has 1 heterocycles. The first kappa shape index (κ1) is 11.7. The molecule has 2 aromatic rings. The third kappa shape index (κ3) is 3.11. The maximum atomic E-state index is 5.90. The number of rotatable bonds is 3. The number of nitrogens with one attached hydrogen (secondary N) is 1. The summed E-state index contributed by atoms with van der Waals surface area (Å²) in [4.78, 5) is 4.36. The van der Waals surface area contributed by atoms with Gasteiger partial charge in [0, 0.05) is 26.8 Å². The molecule has 84 valence electrons. The molecule has 5 heteroatoms. The second-order valence-corrected chi connectivity index (χ2v) is 5.21. The first-order valence-corrected chi connectivity index (χ1v) is 6.38. The van der Waals surface area contributed by atoms with Gasteiger partial charge in [-0.15, -0.1) is 11.3 Å². The average Bonchev–Trinajstić information content (AvgIpc) is 2.60. The largest absolute Gasteiger partial charge is 0.378 e. The Kier molecular flexibility index (Phi) is 3.69. The van der Waals surface area contributed by atoms with Gasteiger partial charge >= 0.3 is 0 Å². The highest BCUT2D eigenvalue weighted by Crippen LogP contribution is 2.23. The number of aryl methyl sites for hydroxylation is 1. The van der Waals surface area contributed by atoms with Crippen molar-refractivity contribution in [1.29, 1.82) is 0 Å². The number of aromatic nitrogens is 1. The summed E-state index contributed by atoms with van der Waals surface area (Å²) < 4.78 is 0. The Balaban J connectivity index is 2.04. The maximum Gasteiger partial charge on any atom is 0.112 e. The quantitative estimate of drug-likeness (QED) is 0.898. The van der Waals surface area contributed by atoms with E-state index in [4.69, 9.17) is 23.2 Å². The molecule has 2 rings (SSSR count). The predicted molar refractivity (Wildman–Crippen MR) is 70.6 cm³/mol. The summed E-state index contributed by atoms with van der Waals surface area (Å²) in [5.74, 6) is 0. The summed E-state index contributed by atoms with van der Waals surface area (Å²) >= 11 is 13.4. The number of thiazole rings is 1. The highest BCUT2D eigenvalue weighted by Gasteiger charge is 2.00. The molecule has 0 fully saturated rings. The molecule has 0 unspecified atom stereocenters. The Hall–Kier alpha value is -0.770. The van der Waals surface area contributed by atoms with Crippen molar-refractivity contribution in [3.63, 3.8) is 0 Å². The third-order valence-corrected chi connectivity index (χ3v) is 3.38. The molecule has 0 aliphatic rings. The maximum absolute atomic E-state index is 5.90. The summed E-state index contributed by atoms with van der Waals surface area (Å²) in [5, 5.41) is 7.57. The SMILES string of the molecule is Cc1csc(CNc2cc(Cl)cc(Cl)c2)n1. The number of anilines is 1. The number of hydrogen-bond acceptors (Lipinski definition) is 3. The van der Waals surface area contributed by atoms with Crippen molar-refractivity contribution in [2.24, 2.45) is 0 Å². The smallest absolute Gasteiger partial charge is 0.112 e. The van der Waals surface area contributed by atoms with E-state index in [1.54, 1.807) is 17.4 Å². The van der Waals surface area contributed by atoms with E-state index in [0.29, 0.717) is 16.6 Å². The molecule has 0 bridgehead atoms. The van der Waals surface area contributed by atoms with Gasteiger partial charge in [0.25, 0.3) is 0 Å². The summed E-state index contributed by atoms with van der Waals surface area (Å²) in [7, 11) is 0. The molecule has 0 spiro atoms. The lowest BCUT2D eigenvalue weighted by Crippen LogP contribution is -1.98. The number of benzene rings is 1. The van der Waals surface area contributed by atoms with E-state index in [9.17, 15) is 0 Å². The zero-order valence-corrected chi connectivity index (χ0v) is 11.0. The van der Waals surface area contributed by atoms with E-state index in [-0.39, 0.29) is 0 Å². The molecule has 0 saturated heterocycles. The van der Waals surface area contributed by atoms with Crippen molar-refractivity contribution in [1.82, 2.24) is 4.98 Å². The van der Waals surface area contributed by atoms with Crippen LogP contribution in [0.5, 0.6) is 0 Å². The lowest BCUT2D eigenvalue weighted by molar-refractivity contribution is 1.08. The van der Waals surface area contributed by atoms with E-state index in [1.165, 1.54) is 0 Å². The van der Waals surface area contributed by atoms with Crippen LogP contribution >= 0.6 is 34.5 Å². The van der Waals surface area contributed by atoms with Crippen LogP contribution in [0.25, 0.3) is 0 Å². The molecule has 2 nitrogen and oxygen atoms in total. The van der Waals surface area contributed by atoms with Crippen molar-refractivity contribution in [2.75, 3.05) is 5.32 Å². The van der Waals surface area contributed by atoms with Gasteiger partial charge in [-0.3, -0.25) is 0 Å². The van der Waals surface area contributed by atoms with Crippen LogP contribution in [0.15, 0.2) is 23.6 Å². The molecule has 0 saturated carbocycles. The summed E-state index contributed by atoms with van der Waals surface area (Å²) in [6.45, 7) is 2.67. The van der Waals surface area contributed by atoms with Gasteiger partial charge in [-0.25, -0.2) is 4.98 Å². The van der Waals surface area contributed by atoms with E-state index in [0.717, 1.165) is 16.4 Å². The van der Waals surface area contributed by atoms with Crippen molar-refractivity contribution in [2.45, 2.75) is 13.5 Å². The van der Waals surface area contributed by atoms with E-state index in [2.05, 4.69) is 10.3 Å². The number of nitrogens with zero attached hydrogens (tertiary/aromatic N) is 1. The first-order chi connectivity index (χ1) is 7.63. The Bertz CT molecular complexity index is 476. The fourth-order valence-electron chi connectivity index (χ4n) is 1.32. The summed E-state index contributed by atoms with van der Waals surface area (Å²) in [6.07, 6.45) is 0. The zero-order chi connectivity index (χ0) is 11.5. The highest BCUT2D eigenvalue weighted by molar-refractivity contribution is 7.09. The zero-order valence-electron chi connectivity index (χ0n) is 8.63. The van der Waals surface area contributed by atoms with E-state index in [1.807, 2.05) is 24.4 Å². The number of halogens is 2. The van der Waals surface area contributed by atoms with Crippen LogP contribution < -0.4 is 5.32 Å². The molecule has 0 amide bonds. The lowest BCUT2D eigenvalue weighted by Gasteiger charge is -2.05. The normalized spacial score (nSPS) is 10.4. The standard InChI is InChI=1S/C11H10Cl2N2S/c1-7-6-16-11(15-7)5-14-10-3-8(12)2-9(13)4-10/h2-4,6,14H,5H2,1H3. The van der Waals surface area contributed by atoms with Gasteiger partial charge in [0.2, 0.25) is 0 Å². The van der Waals surface area contributed by atoms with Crippen LogP contribution in [-0.4, -0.2) is 4.98 Å². The second-order valence-electron chi connectivity index (χ2n) is 3.39. The Labute approximate surface area is 108 Å². The molecule has 1 aromatic heterocycles. The Morgan fingerprint density at radius 2 is 1.94 bits per heavy atom. The molecule has 1 aromatic carbocycles. The van der Waals surface area contributed by atoms with Gasteiger partial charge in [-0.05, 0) is 25.1 Å². The minimum Gasteiger partial charge on any atom is -0.378 e. The predicted octanol–water partition coefficient (Wildman–Crippen LogP) is 4.37. The second kappa shape index (κ2) is 5.04. The van der Waals surface area contributed by atoms with Crippen LogP contribution in [-0.2, 0) is 6.54 Å². The number of hydrogen-bond donors (Lipinski definition) is 1. The average molecular weight is 273 g/mol. The highest BCUT2D eigenvalue weighted by atomic mass is 35.5.